The van der Waals surface area contributed by atoms with Crippen LogP contribution >= 0.6 is 0 Å². The normalized spacial score (nSPS) is 26.5. The lowest BCUT2D eigenvalue weighted by Crippen LogP contribution is -2.66. The summed E-state index contributed by atoms with van der Waals surface area (Å²) >= 11 is 0. The SMILES string of the molecule is CCCCCCCCCCCCCCCCCCCCCCCCCCCCCCCCCCCCCCCCCCCC(=O)NC(COC1OC(CO)C(OC2OC(CO)C(OC3OC(CO)C(O)C(O)C3O)C(O)C2O)C(O)C1O)C(O)CCCCCCCCCCCCCCC. The lowest BCUT2D eigenvalue weighted by molar-refractivity contribution is -0.379. The maximum atomic E-state index is 13.5. The molecule has 17 unspecified atom stereocenters. The zero-order valence-electron chi connectivity index (χ0n) is 63.0. The fourth-order valence-electron chi connectivity index (χ4n) is 14.7. The Kier molecular flexibility index (Phi) is 57.5. The molecule has 17 atom stereocenters. The number of aliphatic hydroxyl groups is 11. The fraction of sp³-hybridized carbons (Fsp3) is 0.988. The van der Waals surface area contributed by atoms with Gasteiger partial charge in [0.15, 0.2) is 18.9 Å². The van der Waals surface area contributed by atoms with Crippen LogP contribution in [-0.2, 0) is 33.2 Å². The van der Waals surface area contributed by atoms with Crippen molar-refractivity contribution in [3.8, 4) is 0 Å². The Hall–Kier alpha value is -1.21. The molecule has 3 fully saturated rings. The zero-order valence-corrected chi connectivity index (χ0v) is 63.0. The smallest absolute Gasteiger partial charge is 0.220 e. The highest BCUT2D eigenvalue weighted by atomic mass is 16.8. The Balaban J connectivity index is 1.24. The third-order valence-electron chi connectivity index (χ3n) is 21.4. The number of unbranched alkanes of at least 4 members (excludes halogenated alkanes) is 52. The van der Waals surface area contributed by atoms with Crippen LogP contribution in [0.4, 0.5) is 0 Å². The number of rotatable bonds is 68. The molecular formula is C80H155NO18. The van der Waals surface area contributed by atoms with Crippen LogP contribution in [0.1, 0.15) is 373 Å². The molecule has 0 saturated carbocycles. The number of hydrogen-bond acceptors (Lipinski definition) is 18. The molecule has 0 aromatic heterocycles. The molecule has 3 rings (SSSR count). The second-order valence-corrected chi connectivity index (χ2v) is 30.3. The molecule has 12 N–H and O–H groups in total. The van der Waals surface area contributed by atoms with Crippen molar-refractivity contribution in [1.29, 1.82) is 0 Å². The molecule has 19 nitrogen and oxygen atoms in total. The van der Waals surface area contributed by atoms with E-state index in [1.54, 1.807) is 0 Å². The average molecular weight is 1420 g/mol. The van der Waals surface area contributed by atoms with Gasteiger partial charge < -0.3 is 89.9 Å². The lowest BCUT2D eigenvalue weighted by Gasteiger charge is -2.48. The van der Waals surface area contributed by atoms with E-state index in [9.17, 15) is 61.0 Å². The molecule has 3 saturated heterocycles. The van der Waals surface area contributed by atoms with E-state index in [1.807, 2.05) is 0 Å². The van der Waals surface area contributed by atoms with Crippen LogP contribution in [0.5, 0.6) is 0 Å². The predicted molar refractivity (Wildman–Crippen MR) is 393 cm³/mol. The molecule has 0 aromatic carbocycles. The van der Waals surface area contributed by atoms with Crippen molar-refractivity contribution in [2.24, 2.45) is 0 Å². The third-order valence-corrected chi connectivity index (χ3v) is 21.4. The minimum atomic E-state index is -1.97. The number of ether oxygens (including phenoxy) is 6. The molecule has 0 aromatic rings. The van der Waals surface area contributed by atoms with E-state index in [0.717, 1.165) is 44.9 Å². The number of nitrogens with one attached hydrogen (secondary N) is 1. The van der Waals surface area contributed by atoms with Crippen molar-refractivity contribution in [3.05, 3.63) is 0 Å². The second-order valence-electron chi connectivity index (χ2n) is 30.3. The highest BCUT2D eigenvalue weighted by Gasteiger charge is 2.54. The van der Waals surface area contributed by atoms with Gasteiger partial charge in [-0.25, -0.2) is 0 Å². The maximum absolute atomic E-state index is 13.5. The van der Waals surface area contributed by atoms with E-state index in [1.165, 1.54) is 295 Å². The molecule has 3 aliphatic heterocycles. The van der Waals surface area contributed by atoms with Gasteiger partial charge in [-0.15, -0.1) is 0 Å². The van der Waals surface area contributed by atoms with Crippen molar-refractivity contribution < 1.29 is 89.4 Å². The monoisotopic (exact) mass is 1420 g/mol. The van der Waals surface area contributed by atoms with Gasteiger partial charge in [0.05, 0.1) is 38.6 Å². The Morgan fingerprint density at radius 1 is 0.323 bits per heavy atom. The third kappa shape index (κ3) is 42.1. The van der Waals surface area contributed by atoms with E-state index in [-0.39, 0.29) is 18.9 Å². The number of amides is 1. The Labute approximate surface area is 602 Å². The van der Waals surface area contributed by atoms with Gasteiger partial charge in [0.2, 0.25) is 5.91 Å². The van der Waals surface area contributed by atoms with Crippen LogP contribution in [0.15, 0.2) is 0 Å². The average Bonchev–Trinajstić information content (AvgIpc) is 0.785. The van der Waals surface area contributed by atoms with Crippen molar-refractivity contribution in [2.45, 2.75) is 478 Å². The molecule has 0 bridgehead atoms. The molecule has 0 spiro atoms. The van der Waals surface area contributed by atoms with Gasteiger partial charge in [-0.2, -0.15) is 0 Å². The zero-order chi connectivity index (χ0) is 71.8. The first kappa shape index (κ1) is 92.0. The van der Waals surface area contributed by atoms with E-state index < -0.39 is 124 Å². The molecule has 1 amide bonds. The van der Waals surface area contributed by atoms with E-state index in [0.29, 0.717) is 12.8 Å². The summed E-state index contributed by atoms with van der Waals surface area (Å²) in [4.78, 5) is 13.5. The van der Waals surface area contributed by atoms with E-state index in [2.05, 4.69) is 19.2 Å². The van der Waals surface area contributed by atoms with Crippen molar-refractivity contribution in [1.82, 2.24) is 5.32 Å². The summed E-state index contributed by atoms with van der Waals surface area (Å²) < 4.78 is 34.5. The molecule has 3 heterocycles. The summed E-state index contributed by atoms with van der Waals surface area (Å²) in [6, 6.07) is -0.882. The quantitative estimate of drug-likeness (QED) is 0.0252. The minimum Gasteiger partial charge on any atom is -0.394 e. The largest absolute Gasteiger partial charge is 0.394 e. The summed E-state index contributed by atoms with van der Waals surface area (Å²) in [7, 11) is 0. The topological polar surface area (TPSA) is 307 Å². The van der Waals surface area contributed by atoms with E-state index in [4.69, 9.17) is 28.4 Å². The first-order chi connectivity index (χ1) is 48.3. The number of aliphatic hydroxyl groups excluding tert-OH is 11. The molecule has 3 aliphatic rings. The van der Waals surface area contributed by atoms with Gasteiger partial charge in [-0.05, 0) is 12.8 Å². The molecule has 19 heteroatoms. The summed E-state index contributed by atoms with van der Waals surface area (Å²) in [5.74, 6) is -0.234. The van der Waals surface area contributed by atoms with E-state index >= 15 is 0 Å². The molecular weight excluding hydrogens is 1260 g/mol. The first-order valence-corrected chi connectivity index (χ1v) is 41.8. The van der Waals surface area contributed by atoms with Crippen molar-refractivity contribution in [2.75, 3.05) is 26.4 Å². The molecule has 0 aliphatic carbocycles. The van der Waals surface area contributed by atoms with Gasteiger partial charge in [-0.1, -0.05) is 354 Å². The predicted octanol–water partition coefficient (Wildman–Crippen LogP) is 14.2. The molecule has 99 heavy (non-hydrogen) atoms. The molecule has 588 valence electrons. The van der Waals surface area contributed by atoms with Gasteiger partial charge in [0.1, 0.15) is 73.2 Å². The summed E-state index contributed by atoms with van der Waals surface area (Å²) in [5, 5.41) is 121. The van der Waals surface area contributed by atoms with Gasteiger partial charge in [0.25, 0.3) is 0 Å². The Morgan fingerprint density at radius 3 is 0.879 bits per heavy atom. The Bertz CT molecular complexity index is 1790. The van der Waals surface area contributed by atoms with Crippen LogP contribution in [0, 0.1) is 0 Å². The summed E-state index contributed by atoms with van der Waals surface area (Å²) in [6.07, 6.45) is 45.4. The van der Waals surface area contributed by atoms with Crippen LogP contribution < -0.4 is 5.32 Å². The number of hydrogen-bond donors (Lipinski definition) is 12. The standard InChI is InChI=1S/C80H155NO18/c1-3-5-7-9-11-13-15-17-18-19-20-21-22-23-24-25-26-27-28-29-30-31-32-33-34-35-36-37-38-39-40-41-42-43-44-46-48-50-52-54-56-58-68(86)81-63(64(85)57-55-53-51-49-47-45-16-14-12-10-8-6-4-2)62-94-78-74(92)71(89)76(66(60-83)96-78)99-80-75(93)72(90)77(67(61-84)97-80)98-79-73(91)70(88)69(87)65(59-82)95-79/h63-67,69-80,82-85,87-93H,3-62H2,1-2H3,(H,81,86). The van der Waals surface area contributed by atoms with Crippen LogP contribution in [0.2, 0.25) is 0 Å². The summed E-state index contributed by atoms with van der Waals surface area (Å²) in [6.45, 7) is 1.85. The Morgan fingerprint density at radius 2 is 0.576 bits per heavy atom. The highest BCUT2D eigenvalue weighted by molar-refractivity contribution is 5.76. The minimum absolute atomic E-state index is 0.234. The molecule has 0 radical (unpaired) electrons. The van der Waals surface area contributed by atoms with Crippen LogP contribution in [0.3, 0.4) is 0 Å². The first-order valence-electron chi connectivity index (χ1n) is 41.8. The van der Waals surface area contributed by atoms with Crippen molar-refractivity contribution >= 4 is 5.91 Å². The van der Waals surface area contributed by atoms with Crippen molar-refractivity contribution in [3.63, 3.8) is 0 Å². The van der Waals surface area contributed by atoms with Gasteiger partial charge in [0, 0.05) is 6.42 Å². The fourth-order valence-corrected chi connectivity index (χ4v) is 14.7. The lowest BCUT2D eigenvalue weighted by atomic mass is 9.96. The van der Waals surface area contributed by atoms with Gasteiger partial charge >= 0.3 is 0 Å². The summed E-state index contributed by atoms with van der Waals surface area (Å²) in [5.41, 5.74) is 0. The van der Waals surface area contributed by atoms with Crippen LogP contribution in [-0.4, -0.2) is 193 Å². The second kappa shape index (κ2) is 61.9. The number of carbonyl (C=O) groups is 1. The maximum Gasteiger partial charge on any atom is 0.220 e. The number of carbonyl (C=O) groups excluding carboxylic acids is 1. The van der Waals surface area contributed by atoms with Gasteiger partial charge in [-0.3, -0.25) is 4.79 Å². The highest BCUT2D eigenvalue weighted by Crippen LogP contribution is 2.34. The van der Waals surface area contributed by atoms with Crippen LogP contribution in [0.25, 0.3) is 0 Å².